The third kappa shape index (κ3) is 2.71. The molecule has 1 rings (SSSR count). The fraction of sp³-hybridized carbons (Fsp3) is 0.700. The summed E-state index contributed by atoms with van der Waals surface area (Å²) in [6, 6.07) is 0. The number of aromatic nitrogens is 2. The molecule has 0 saturated heterocycles. The first-order valence-corrected chi connectivity index (χ1v) is 5.31. The highest BCUT2D eigenvalue weighted by molar-refractivity contribution is 5.53. The quantitative estimate of drug-likeness (QED) is 0.617. The molecule has 0 amide bonds. The lowest BCUT2D eigenvalue weighted by Crippen LogP contribution is -2.31. The van der Waals surface area contributed by atoms with E-state index >= 15 is 0 Å². The van der Waals surface area contributed by atoms with E-state index in [1.807, 2.05) is 13.8 Å². The largest absolute Gasteiger partial charge is 0.406 e. The lowest BCUT2D eigenvalue weighted by atomic mass is 9.99. The molecule has 16 heavy (non-hydrogen) atoms. The highest BCUT2D eigenvalue weighted by Gasteiger charge is 2.25. The minimum Gasteiger partial charge on any atom is -0.359 e. The van der Waals surface area contributed by atoms with E-state index in [1.54, 1.807) is 11.6 Å². The maximum absolute atomic E-state index is 10.8. The van der Waals surface area contributed by atoms with Gasteiger partial charge in [-0.1, -0.05) is 13.3 Å². The van der Waals surface area contributed by atoms with Crippen LogP contribution in [0, 0.1) is 10.1 Å². The second-order valence-corrected chi connectivity index (χ2v) is 4.54. The van der Waals surface area contributed by atoms with Crippen LogP contribution >= 0.6 is 0 Å². The van der Waals surface area contributed by atoms with Gasteiger partial charge in [0.1, 0.15) is 0 Å². The molecule has 0 radical (unpaired) electrons. The summed E-state index contributed by atoms with van der Waals surface area (Å²) in [6.45, 7) is 6.13. The molecule has 0 aliphatic carbocycles. The molecule has 0 unspecified atom stereocenters. The van der Waals surface area contributed by atoms with Gasteiger partial charge in [0.2, 0.25) is 12.1 Å². The van der Waals surface area contributed by atoms with Gasteiger partial charge in [-0.2, -0.15) is 0 Å². The summed E-state index contributed by atoms with van der Waals surface area (Å²) in [6.07, 6.45) is 3.41. The Morgan fingerprint density at radius 3 is 2.75 bits per heavy atom. The summed E-state index contributed by atoms with van der Waals surface area (Å²) >= 11 is 0. The average molecular weight is 226 g/mol. The van der Waals surface area contributed by atoms with Crippen LogP contribution in [0.3, 0.4) is 0 Å². The third-order valence-corrected chi connectivity index (χ3v) is 2.42. The van der Waals surface area contributed by atoms with Crippen molar-refractivity contribution in [1.29, 1.82) is 0 Å². The van der Waals surface area contributed by atoms with Crippen molar-refractivity contribution in [2.24, 2.45) is 7.05 Å². The minimum atomic E-state index is -0.468. The standard InChI is InChI=1S/C10H18N4O2/c1-5-6-10(2,3)12-9-8(14(15)16)11-7-13(9)4/h7,12H,5-6H2,1-4H3. The molecule has 90 valence electrons. The molecular formula is C10H18N4O2. The molecule has 0 saturated carbocycles. The third-order valence-electron chi connectivity index (χ3n) is 2.42. The Bertz CT molecular complexity index is 384. The molecule has 1 N–H and O–H groups in total. The average Bonchev–Trinajstić information content (AvgIpc) is 2.47. The van der Waals surface area contributed by atoms with E-state index in [2.05, 4.69) is 17.2 Å². The monoisotopic (exact) mass is 226 g/mol. The Morgan fingerprint density at radius 2 is 2.25 bits per heavy atom. The summed E-state index contributed by atoms with van der Waals surface area (Å²) in [7, 11) is 1.74. The van der Waals surface area contributed by atoms with E-state index in [4.69, 9.17) is 0 Å². The van der Waals surface area contributed by atoms with Crippen LogP contribution in [-0.2, 0) is 7.05 Å². The van der Waals surface area contributed by atoms with Crippen LogP contribution in [0.1, 0.15) is 33.6 Å². The maximum atomic E-state index is 10.8. The number of nitro groups is 1. The molecule has 0 aliphatic rings. The predicted octanol–water partition coefficient (Wildman–Crippen LogP) is 2.32. The van der Waals surface area contributed by atoms with E-state index in [1.165, 1.54) is 6.33 Å². The Labute approximate surface area is 94.8 Å². The number of aryl methyl sites for hydroxylation is 1. The van der Waals surface area contributed by atoms with E-state index < -0.39 is 4.92 Å². The lowest BCUT2D eigenvalue weighted by Gasteiger charge is -2.26. The van der Waals surface area contributed by atoms with Crippen molar-refractivity contribution < 1.29 is 4.92 Å². The molecule has 0 aromatic carbocycles. The van der Waals surface area contributed by atoms with Crippen LogP contribution in [0.2, 0.25) is 0 Å². The number of nitrogens with one attached hydrogen (secondary N) is 1. The normalized spacial score (nSPS) is 11.5. The Balaban J connectivity index is 2.95. The first kappa shape index (κ1) is 12.5. The summed E-state index contributed by atoms with van der Waals surface area (Å²) in [5, 5.41) is 13.9. The topological polar surface area (TPSA) is 73.0 Å². The fourth-order valence-electron chi connectivity index (χ4n) is 1.70. The smallest absolute Gasteiger partial charge is 0.359 e. The van der Waals surface area contributed by atoms with Crippen molar-refractivity contribution in [1.82, 2.24) is 9.55 Å². The maximum Gasteiger partial charge on any atom is 0.406 e. The van der Waals surface area contributed by atoms with Crippen LogP contribution in [0.15, 0.2) is 6.33 Å². The number of imidazole rings is 1. The number of hydrogen-bond acceptors (Lipinski definition) is 4. The number of anilines is 1. The molecule has 0 spiro atoms. The molecule has 0 aliphatic heterocycles. The van der Waals surface area contributed by atoms with Gasteiger partial charge in [-0.15, -0.1) is 0 Å². The molecule has 0 fully saturated rings. The molecule has 1 aromatic rings. The second kappa shape index (κ2) is 4.51. The minimum absolute atomic E-state index is 0.119. The van der Waals surface area contributed by atoms with Crippen LogP contribution in [0.4, 0.5) is 11.6 Å². The van der Waals surface area contributed by atoms with Gasteiger partial charge in [-0.05, 0) is 30.2 Å². The number of rotatable bonds is 5. The first-order valence-electron chi connectivity index (χ1n) is 5.31. The van der Waals surface area contributed by atoms with Gasteiger partial charge >= 0.3 is 5.82 Å². The van der Waals surface area contributed by atoms with E-state index in [9.17, 15) is 10.1 Å². The van der Waals surface area contributed by atoms with Gasteiger partial charge in [-0.25, -0.2) is 0 Å². The van der Waals surface area contributed by atoms with Gasteiger partial charge in [-0.3, -0.25) is 4.57 Å². The summed E-state index contributed by atoms with van der Waals surface area (Å²) in [4.78, 5) is 14.1. The molecule has 6 heteroatoms. The SMILES string of the molecule is CCCC(C)(C)Nc1c([N+](=O)[O-])ncn1C. The molecule has 1 aromatic heterocycles. The fourth-order valence-corrected chi connectivity index (χ4v) is 1.70. The van der Waals surface area contributed by atoms with Crippen LogP contribution < -0.4 is 5.32 Å². The zero-order valence-corrected chi connectivity index (χ0v) is 10.1. The van der Waals surface area contributed by atoms with Gasteiger partial charge in [0, 0.05) is 12.6 Å². The van der Waals surface area contributed by atoms with Crippen molar-refractivity contribution in [2.75, 3.05) is 5.32 Å². The predicted molar refractivity (Wildman–Crippen MR) is 62.5 cm³/mol. The van der Waals surface area contributed by atoms with Gasteiger partial charge in [0.25, 0.3) is 0 Å². The van der Waals surface area contributed by atoms with Gasteiger partial charge in [0.05, 0.1) is 0 Å². The summed E-state index contributed by atoms with van der Waals surface area (Å²) < 4.78 is 1.63. The van der Waals surface area contributed by atoms with E-state index in [-0.39, 0.29) is 11.4 Å². The van der Waals surface area contributed by atoms with Gasteiger partial charge in [0.15, 0.2) is 0 Å². The van der Waals surface area contributed by atoms with Crippen molar-refractivity contribution >= 4 is 11.6 Å². The van der Waals surface area contributed by atoms with Crippen molar-refractivity contribution in [2.45, 2.75) is 39.2 Å². The Morgan fingerprint density at radius 1 is 1.62 bits per heavy atom. The summed E-state index contributed by atoms with van der Waals surface area (Å²) in [5.74, 6) is 0.343. The van der Waals surface area contributed by atoms with Crippen molar-refractivity contribution in [3.05, 3.63) is 16.4 Å². The molecule has 6 nitrogen and oxygen atoms in total. The van der Waals surface area contributed by atoms with Crippen LogP contribution in [0.25, 0.3) is 0 Å². The number of nitrogens with zero attached hydrogens (tertiary/aromatic N) is 3. The number of hydrogen-bond donors (Lipinski definition) is 1. The van der Waals surface area contributed by atoms with Crippen LogP contribution in [-0.4, -0.2) is 20.0 Å². The van der Waals surface area contributed by atoms with Crippen molar-refractivity contribution in [3.63, 3.8) is 0 Å². The molecular weight excluding hydrogens is 208 g/mol. The van der Waals surface area contributed by atoms with Gasteiger partial charge < -0.3 is 15.4 Å². The zero-order chi connectivity index (χ0) is 12.3. The van der Waals surface area contributed by atoms with Crippen LogP contribution in [0.5, 0.6) is 0 Å². The van der Waals surface area contributed by atoms with E-state index in [0.29, 0.717) is 5.82 Å². The Kier molecular flexibility index (Phi) is 3.51. The lowest BCUT2D eigenvalue weighted by molar-refractivity contribution is -0.388. The highest BCUT2D eigenvalue weighted by atomic mass is 16.6. The zero-order valence-electron chi connectivity index (χ0n) is 10.1. The Hall–Kier alpha value is -1.59. The second-order valence-electron chi connectivity index (χ2n) is 4.54. The molecule has 0 atom stereocenters. The molecule has 1 heterocycles. The molecule has 0 bridgehead atoms. The van der Waals surface area contributed by atoms with E-state index in [0.717, 1.165) is 12.8 Å². The highest BCUT2D eigenvalue weighted by Crippen LogP contribution is 2.26. The summed E-state index contributed by atoms with van der Waals surface area (Å²) in [5.41, 5.74) is -0.173. The van der Waals surface area contributed by atoms with Crippen molar-refractivity contribution in [3.8, 4) is 0 Å². The first-order chi connectivity index (χ1) is 7.37.